The Morgan fingerprint density at radius 3 is 2.53 bits per heavy atom. The van der Waals surface area contributed by atoms with Gasteiger partial charge in [0.25, 0.3) is 0 Å². The Hall–Kier alpha value is -2.28. The van der Waals surface area contributed by atoms with Crippen molar-refractivity contribution in [2.75, 3.05) is 0 Å². The van der Waals surface area contributed by atoms with Gasteiger partial charge in [-0.05, 0) is 24.3 Å². The van der Waals surface area contributed by atoms with Crippen LogP contribution < -0.4 is 0 Å². The van der Waals surface area contributed by atoms with Gasteiger partial charge >= 0.3 is 0 Å². The number of hydrogen-bond donors (Lipinski definition) is 0. The summed E-state index contributed by atoms with van der Waals surface area (Å²) in [5, 5.41) is 16.7. The second kappa shape index (κ2) is 4.29. The summed E-state index contributed by atoms with van der Waals surface area (Å²) in [6, 6.07) is 11.2. The van der Waals surface area contributed by atoms with Crippen LogP contribution in [0.4, 0.5) is 0 Å². The second-order valence-electron chi connectivity index (χ2n) is 2.97. The lowest BCUT2D eigenvalue weighted by Gasteiger charge is -2.05. The zero-order valence-corrected chi connectivity index (χ0v) is 7.91. The van der Waals surface area contributed by atoms with Gasteiger partial charge in [0.15, 0.2) is 0 Å². The van der Waals surface area contributed by atoms with Gasteiger partial charge in [-0.2, -0.15) is 15.5 Å². The number of rotatable bonds is 2. The van der Waals surface area contributed by atoms with E-state index < -0.39 is 5.92 Å². The molecule has 0 radical (unpaired) electrons. The first-order chi connectivity index (χ1) is 7.42. The average Bonchev–Trinajstić information content (AvgIpc) is 2.33. The summed E-state index contributed by atoms with van der Waals surface area (Å²) in [6.45, 7) is 0. The number of hydrogen-bond acceptors (Lipinski definition) is 4. The van der Waals surface area contributed by atoms with Gasteiger partial charge in [0.2, 0.25) is 0 Å². The SMILES string of the molecule is N#CC(c1ccccn1)c1cccnn1. The van der Waals surface area contributed by atoms with Gasteiger partial charge in [0.1, 0.15) is 5.92 Å². The van der Waals surface area contributed by atoms with Gasteiger partial charge in [-0.1, -0.05) is 6.07 Å². The summed E-state index contributed by atoms with van der Waals surface area (Å²) >= 11 is 0. The Labute approximate surface area is 87.2 Å². The Balaban J connectivity index is 2.39. The van der Waals surface area contributed by atoms with E-state index in [2.05, 4.69) is 21.3 Å². The van der Waals surface area contributed by atoms with Crippen LogP contribution in [0, 0.1) is 11.3 Å². The number of pyridine rings is 1. The molecule has 0 saturated carbocycles. The molecule has 0 aliphatic rings. The third kappa shape index (κ3) is 1.97. The van der Waals surface area contributed by atoms with Crippen LogP contribution in [0.1, 0.15) is 17.3 Å². The van der Waals surface area contributed by atoms with Crippen molar-refractivity contribution in [2.45, 2.75) is 5.92 Å². The molecule has 0 fully saturated rings. The van der Waals surface area contributed by atoms with Crippen LogP contribution in [0.25, 0.3) is 0 Å². The maximum atomic E-state index is 9.08. The van der Waals surface area contributed by atoms with E-state index in [4.69, 9.17) is 5.26 Å². The molecular formula is C11H8N4. The van der Waals surface area contributed by atoms with Gasteiger partial charge in [0, 0.05) is 12.4 Å². The molecule has 2 heterocycles. The van der Waals surface area contributed by atoms with Crippen molar-refractivity contribution in [1.82, 2.24) is 15.2 Å². The summed E-state index contributed by atoms with van der Waals surface area (Å²) < 4.78 is 0. The minimum absolute atomic E-state index is 0.445. The Morgan fingerprint density at radius 1 is 1.07 bits per heavy atom. The Morgan fingerprint density at radius 2 is 1.93 bits per heavy atom. The molecule has 4 heteroatoms. The monoisotopic (exact) mass is 196 g/mol. The van der Waals surface area contributed by atoms with Crippen LogP contribution in [-0.2, 0) is 0 Å². The van der Waals surface area contributed by atoms with Crippen LogP contribution in [0.2, 0.25) is 0 Å². The van der Waals surface area contributed by atoms with Crippen LogP contribution in [-0.4, -0.2) is 15.2 Å². The first-order valence-electron chi connectivity index (χ1n) is 4.50. The molecule has 2 aromatic rings. The largest absolute Gasteiger partial charge is 0.259 e. The van der Waals surface area contributed by atoms with E-state index in [1.807, 2.05) is 18.2 Å². The van der Waals surface area contributed by atoms with Gasteiger partial charge in [-0.3, -0.25) is 4.98 Å². The minimum Gasteiger partial charge on any atom is -0.259 e. The molecule has 1 atom stereocenters. The average molecular weight is 196 g/mol. The minimum atomic E-state index is -0.445. The molecule has 0 N–H and O–H groups in total. The Kier molecular flexibility index (Phi) is 2.65. The lowest BCUT2D eigenvalue weighted by atomic mass is 10.0. The van der Waals surface area contributed by atoms with Crippen LogP contribution >= 0.6 is 0 Å². The molecule has 1 unspecified atom stereocenters. The summed E-state index contributed by atoms with van der Waals surface area (Å²) in [5.74, 6) is -0.445. The van der Waals surface area contributed by atoms with Crippen molar-refractivity contribution in [3.05, 3.63) is 54.1 Å². The normalized spacial score (nSPS) is 11.7. The lowest BCUT2D eigenvalue weighted by Crippen LogP contribution is -2.03. The topological polar surface area (TPSA) is 62.5 Å². The molecule has 72 valence electrons. The fourth-order valence-electron chi connectivity index (χ4n) is 1.30. The van der Waals surface area contributed by atoms with Gasteiger partial charge in [0.05, 0.1) is 17.5 Å². The fraction of sp³-hybridized carbons (Fsp3) is 0.0909. The van der Waals surface area contributed by atoms with E-state index in [1.165, 1.54) is 0 Å². The maximum absolute atomic E-state index is 9.08. The highest BCUT2D eigenvalue weighted by molar-refractivity contribution is 5.28. The van der Waals surface area contributed by atoms with E-state index in [9.17, 15) is 0 Å². The molecule has 0 amide bonds. The van der Waals surface area contributed by atoms with Gasteiger partial charge < -0.3 is 0 Å². The quantitative estimate of drug-likeness (QED) is 0.730. The molecule has 2 rings (SSSR count). The smallest absolute Gasteiger partial charge is 0.132 e. The molecule has 0 aliphatic carbocycles. The van der Waals surface area contributed by atoms with Crippen molar-refractivity contribution < 1.29 is 0 Å². The van der Waals surface area contributed by atoms with E-state index in [0.29, 0.717) is 11.4 Å². The van der Waals surface area contributed by atoms with Crippen molar-refractivity contribution in [2.24, 2.45) is 0 Å². The van der Waals surface area contributed by atoms with Crippen molar-refractivity contribution in [3.8, 4) is 6.07 Å². The summed E-state index contributed by atoms with van der Waals surface area (Å²) in [5.41, 5.74) is 1.32. The maximum Gasteiger partial charge on any atom is 0.132 e. The zero-order valence-electron chi connectivity index (χ0n) is 7.91. The van der Waals surface area contributed by atoms with E-state index in [0.717, 1.165) is 0 Å². The summed E-state index contributed by atoms with van der Waals surface area (Å²) in [6.07, 6.45) is 3.24. The fourth-order valence-corrected chi connectivity index (χ4v) is 1.30. The summed E-state index contributed by atoms with van der Waals surface area (Å²) in [7, 11) is 0. The molecular weight excluding hydrogens is 188 g/mol. The molecule has 2 aromatic heterocycles. The highest BCUT2D eigenvalue weighted by Gasteiger charge is 2.15. The van der Waals surface area contributed by atoms with Crippen molar-refractivity contribution in [1.29, 1.82) is 5.26 Å². The van der Waals surface area contributed by atoms with Crippen LogP contribution in [0.3, 0.4) is 0 Å². The third-order valence-electron chi connectivity index (χ3n) is 2.00. The predicted octanol–water partition coefficient (Wildman–Crippen LogP) is 1.53. The number of nitriles is 1. The molecule has 15 heavy (non-hydrogen) atoms. The third-order valence-corrected chi connectivity index (χ3v) is 2.00. The molecule has 0 spiro atoms. The number of aromatic nitrogens is 3. The van der Waals surface area contributed by atoms with E-state index >= 15 is 0 Å². The van der Waals surface area contributed by atoms with Crippen LogP contribution in [0.15, 0.2) is 42.7 Å². The standard InChI is InChI=1S/C11H8N4/c12-8-9(10-4-1-2-6-13-10)11-5-3-7-14-15-11/h1-7,9H. The summed E-state index contributed by atoms with van der Waals surface area (Å²) in [4.78, 5) is 4.14. The van der Waals surface area contributed by atoms with E-state index in [-0.39, 0.29) is 0 Å². The second-order valence-corrected chi connectivity index (χ2v) is 2.97. The number of nitrogens with zero attached hydrogens (tertiary/aromatic N) is 4. The molecule has 4 nitrogen and oxygen atoms in total. The molecule has 0 aromatic carbocycles. The molecule has 0 aliphatic heterocycles. The first-order valence-corrected chi connectivity index (χ1v) is 4.50. The van der Waals surface area contributed by atoms with Gasteiger partial charge in [-0.15, -0.1) is 0 Å². The van der Waals surface area contributed by atoms with Crippen molar-refractivity contribution >= 4 is 0 Å². The van der Waals surface area contributed by atoms with Crippen LogP contribution in [0.5, 0.6) is 0 Å². The van der Waals surface area contributed by atoms with Crippen molar-refractivity contribution in [3.63, 3.8) is 0 Å². The predicted molar refractivity (Wildman–Crippen MR) is 53.7 cm³/mol. The highest BCUT2D eigenvalue weighted by Crippen LogP contribution is 2.18. The first kappa shape index (κ1) is 9.28. The lowest BCUT2D eigenvalue weighted by molar-refractivity contribution is 0.859. The Bertz CT molecular complexity index is 421. The van der Waals surface area contributed by atoms with E-state index in [1.54, 1.807) is 24.5 Å². The zero-order chi connectivity index (χ0) is 10.5. The van der Waals surface area contributed by atoms with Gasteiger partial charge in [-0.25, -0.2) is 0 Å². The molecule has 0 saturated heterocycles. The molecule has 0 bridgehead atoms. The highest BCUT2D eigenvalue weighted by atomic mass is 15.1.